The fourth-order valence-corrected chi connectivity index (χ4v) is 2.82. The van der Waals surface area contributed by atoms with Gasteiger partial charge in [-0.15, -0.1) is 0 Å². The van der Waals surface area contributed by atoms with Crippen LogP contribution in [0.3, 0.4) is 0 Å². The van der Waals surface area contributed by atoms with E-state index >= 15 is 0 Å². The van der Waals surface area contributed by atoms with E-state index in [-0.39, 0.29) is 6.61 Å². The first-order valence-corrected chi connectivity index (χ1v) is 6.38. The summed E-state index contributed by atoms with van der Waals surface area (Å²) in [6, 6.07) is 5.59. The molecule has 1 aliphatic rings. The van der Waals surface area contributed by atoms with Crippen LogP contribution in [-0.4, -0.2) is 37.6 Å². The van der Waals surface area contributed by atoms with Crippen molar-refractivity contribution in [2.45, 2.75) is 6.04 Å². The van der Waals surface area contributed by atoms with Crippen molar-refractivity contribution in [1.82, 2.24) is 4.31 Å². The summed E-state index contributed by atoms with van der Waals surface area (Å²) < 4.78 is 32.6. The second kappa shape index (κ2) is 4.46. The van der Waals surface area contributed by atoms with Gasteiger partial charge in [0.25, 0.3) is 0 Å². The molecule has 1 saturated heterocycles. The average Bonchev–Trinajstić information content (AvgIpc) is 2.65. The zero-order chi connectivity index (χ0) is 13.3. The minimum Gasteiger partial charge on any atom is -0.497 e. The molecule has 0 aromatic heterocycles. The Morgan fingerprint density at radius 2 is 2.06 bits per heavy atom. The van der Waals surface area contributed by atoms with Crippen molar-refractivity contribution in [2.24, 2.45) is 0 Å². The summed E-state index contributed by atoms with van der Waals surface area (Å²) in [4.78, 5) is 11.0. The van der Waals surface area contributed by atoms with Crippen molar-refractivity contribution >= 4 is 16.4 Å². The normalized spacial score (nSPS) is 21.8. The summed E-state index contributed by atoms with van der Waals surface area (Å²) in [5.41, 5.74) is 0.527. The van der Waals surface area contributed by atoms with Gasteiger partial charge in [-0.05, 0) is 17.7 Å². The molecule has 0 spiro atoms. The van der Waals surface area contributed by atoms with Crippen LogP contribution in [0.25, 0.3) is 0 Å². The molecule has 1 aromatic rings. The third-order valence-electron chi connectivity index (χ3n) is 2.59. The first kappa shape index (κ1) is 12.7. The molecule has 1 fully saturated rings. The molecule has 0 saturated carbocycles. The highest BCUT2D eigenvalue weighted by Gasteiger charge is 2.43. The molecule has 7 nitrogen and oxygen atoms in total. The van der Waals surface area contributed by atoms with E-state index in [1.807, 2.05) is 0 Å². The van der Waals surface area contributed by atoms with Gasteiger partial charge in [0.15, 0.2) is 0 Å². The molecule has 1 atom stereocenters. The Balaban J connectivity index is 2.35. The standard InChI is InChI=1S/C10H11NO6S/c1-16-8-4-2-7(3-5-8)9-6-17-18(14,15)11(9)10(12)13/h2-5,9H,6H2,1H3,(H,12,13). The minimum absolute atomic E-state index is 0.221. The largest absolute Gasteiger partial charge is 0.497 e. The summed E-state index contributed by atoms with van der Waals surface area (Å²) in [7, 11) is -2.70. The molecule has 1 amide bonds. The smallest absolute Gasteiger partial charge is 0.423 e. The second-order valence-corrected chi connectivity index (χ2v) is 5.09. The topological polar surface area (TPSA) is 93.1 Å². The van der Waals surface area contributed by atoms with Crippen LogP contribution < -0.4 is 4.74 Å². The molecule has 0 radical (unpaired) electrons. The lowest BCUT2D eigenvalue weighted by Gasteiger charge is -2.17. The first-order valence-electron chi connectivity index (χ1n) is 5.01. The number of hydrogen-bond donors (Lipinski definition) is 1. The molecule has 1 unspecified atom stereocenters. The van der Waals surface area contributed by atoms with Gasteiger partial charge in [0.1, 0.15) is 11.8 Å². The molecule has 98 valence electrons. The van der Waals surface area contributed by atoms with Gasteiger partial charge in [-0.2, -0.15) is 12.7 Å². The number of nitrogens with zero attached hydrogens (tertiary/aromatic N) is 1. The van der Waals surface area contributed by atoms with Gasteiger partial charge in [-0.3, -0.25) is 4.18 Å². The molecule has 2 rings (SSSR count). The van der Waals surface area contributed by atoms with Crippen LogP contribution >= 0.6 is 0 Å². The summed E-state index contributed by atoms with van der Waals surface area (Å²) >= 11 is 0. The number of carbonyl (C=O) groups is 1. The number of rotatable bonds is 2. The lowest BCUT2D eigenvalue weighted by atomic mass is 10.1. The quantitative estimate of drug-likeness (QED) is 0.863. The predicted molar refractivity (Wildman–Crippen MR) is 60.5 cm³/mol. The highest BCUT2D eigenvalue weighted by molar-refractivity contribution is 7.85. The minimum atomic E-state index is -4.20. The van der Waals surface area contributed by atoms with Gasteiger partial charge in [0.05, 0.1) is 13.7 Å². The van der Waals surface area contributed by atoms with Crippen molar-refractivity contribution < 1.29 is 27.2 Å². The van der Waals surface area contributed by atoms with Crippen LogP contribution in [0.2, 0.25) is 0 Å². The Kier molecular flexibility index (Phi) is 3.14. The fourth-order valence-electron chi connectivity index (χ4n) is 1.72. The Labute approximate surface area is 104 Å². The highest BCUT2D eigenvalue weighted by Crippen LogP contribution is 2.32. The number of ether oxygens (including phenoxy) is 1. The molecule has 1 heterocycles. The van der Waals surface area contributed by atoms with E-state index < -0.39 is 22.4 Å². The SMILES string of the molecule is COc1ccc(C2COS(=O)(=O)N2C(=O)O)cc1. The van der Waals surface area contributed by atoms with E-state index in [1.165, 1.54) is 7.11 Å². The lowest BCUT2D eigenvalue weighted by molar-refractivity contribution is 0.164. The number of benzene rings is 1. The van der Waals surface area contributed by atoms with Crippen molar-refractivity contribution in [3.63, 3.8) is 0 Å². The predicted octanol–water partition coefficient (Wildman–Crippen LogP) is 0.991. The van der Waals surface area contributed by atoms with Crippen LogP contribution in [0.5, 0.6) is 5.75 Å². The van der Waals surface area contributed by atoms with Gasteiger partial charge in [-0.1, -0.05) is 12.1 Å². The Morgan fingerprint density at radius 3 is 2.56 bits per heavy atom. The Hall–Kier alpha value is -1.80. The monoisotopic (exact) mass is 273 g/mol. The molecule has 1 aliphatic heterocycles. The maximum Gasteiger partial charge on any atom is 0.423 e. The molecular weight excluding hydrogens is 262 g/mol. The van der Waals surface area contributed by atoms with E-state index in [0.29, 0.717) is 15.6 Å². The van der Waals surface area contributed by atoms with E-state index in [4.69, 9.17) is 9.84 Å². The highest BCUT2D eigenvalue weighted by atomic mass is 32.2. The van der Waals surface area contributed by atoms with Gasteiger partial charge < -0.3 is 9.84 Å². The summed E-state index contributed by atoms with van der Waals surface area (Å²) in [6.45, 7) is -0.221. The summed E-state index contributed by atoms with van der Waals surface area (Å²) in [6.07, 6.45) is -1.56. The maximum absolute atomic E-state index is 11.4. The van der Waals surface area contributed by atoms with Crippen molar-refractivity contribution in [3.05, 3.63) is 29.8 Å². The summed E-state index contributed by atoms with van der Waals surface area (Å²) in [5.74, 6) is 0.599. The Morgan fingerprint density at radius 1 is 1.44 bits per heavy atom. The number of carboxylic acid groups (broad SMARTS) is 1. The van der Waals surface area contributed by atoms with Crippen LogP contribution in [0.15, 0.2) is 24.3 Å². The zero-order valence-electron chi connectivity index (χ0n) is 9.44. The molecule has 0 bridgehead atoms. The second-order valence-electron chi connectivity index (χ2n) is 3.61. The van der Waals surface area contributed by atoms with Crippen LogP contribution in [0.1, 0.15) is 11.6 Å². The van der Waals surface area contributed by atoms with Gasteiger partial charge >= 0.3 is 16.4 Å². The molecule has 8 heteroatoms. The van der Waals surface area contributed by atoms with Crippen LogP contribution in [-0.2, 0) is 14.5 Å². The first-order chi connectivity index (χ1) is 8.45. The van der Waals surface area contributed by atoms with E-state index in [1.54, 1.807) is 24.3 Å². The number of hydrogen-bond acceptors (Lipinski definition) is 5. The van der Waals surface area contributed by atoms with Gasteiger partial charge in [0.2, 0.25) is 0 Å². The van der Waals surface area contributed by atoms with Crippen molar-refractivity contribution in [2.75, 3.05) is 13.7 Å². The van der Waals surface area contributed by atoms with Crippen LogP contribution in [0, 0.1) is 0 Å². The third kappa shape index (κ3) is 2.12. The van der Waals surface area contributed by atoms with E-state index in [2.05, 4.69) is 4.18 Å². The number of methoxy groups -OCH3 is 1. The maximum atomic E-state index is 11.4. The van der Waals surface area contributed by atoms with Crippen LogP contribution in [0.4, 0.5) is 4.79 Å². The third-order valence-corrected chi connectivity index (χ3v) is 3.91. The van der Waals surface area contributed by atoms with Crippen molar-refractivity contribution in [1.29, 1.82) is 0 Å². The van der Waals surface area contributed by atoms with E-state index in [0.717, 1.165) is 0 Å². The zero-order valence-corrected chi connectivity index (χ0v) is 10.3. The van der Waals surface area contributed by atoms with E-state index in [9.17, 15) is 13.2 Å². The molecule has 1 N–H and O–H groups in total. The molecule has 0 aliphatic carbocycles. The number of amides is 1. The van der Waals surface area contributed by atoms with Crippen molar-refractivity contribution in [3.8, 4) is 5.75 Å². The average molecular weight is 273 g/mol. The molecular formula is C10H11NO6S. The Bertz CT molecular complexity index is 552. The summed E-state index contributed by atoms with van der Waals surface area (Å²) in [5, 5.41) is 8.92. The molecule has 18 heavy (non-hydrogen) atoms. The van der Waals surface area contributed by atoms with Gasteiger partial charge in [-0.25, -0.2) is 4.79 Å². The molecule has 1 aromatic carbocycles. The van der Waals surface area contributed by atoms with Gasteiger partial charge in [0, 0.05) is 0 Å². The fraction of sp³-hybridized carbons (Fsp3) is 0.300. The lowest BCUT2D eigenvalue weighted by Crippen LogP contribution is -2.33.